The molecule has 1 aliphatic rings. The minimum absolute atomic E-state index is 0.197. The van der Waals surface area contributed by atoms with Gasteiger partial charge in [-0.05, 0) is 74.6 Å². The van der Waals surface area contributed by atoms with Crippen molar-refractivity contribution in [2.24, 2.45) is 0 Å². The van der Waals surface area contributed by atoms with Gasteiger partial charge in [0.2, 0.25) is 10.0 Å². The van der Waals surface area contributed by atoms with E-state index in [-0.39, 0.29) is 24.9 Å². The van der Waals surface area contributed by atoms with Gasteiger partial charge >= 0.3 is 6.09 Å². The largest absolute Gasteiger partial charge is 0.497 e. The Labute approximate surface area is 266 Å². The summed E-state index contributed by atoms with van der Waals surface area (Å²) in [6.45, 7) is 8.89. The molecule has 4 rings (SSSR count). The Hall–Kier alpha value is -3.80. The van der Waals surface area contributed by atoms with Crippen LogP contribution in [0.25, 0.3) is 0 Å². The van der Waals surface area contributed by atoms with Crippen molar-refractivity contribution in [2.75, 3.05) is 36.1 Å². The number of hydrogen-bond donors (Lipinski definition) is 3. The fraction of sp³-hybridized carbons (Fsp3) is 0.441. The molecule has 45 heavy (non-hydrogen) atoms. The summed E-state index contributed by atoms with van der Waals surface area (Å²) in [6.07, 6.45) is 1.62. The van der Waals surface area contributed by atoms with Crippen LogP contribution in [0.5, 0.6) is 11.5 Å². The van der Waals surface area contributed by atoms with E-state index >= 15 is 0 Å². The van der Waals surface area contributed by atoms with Crippen LogP contribution in [0.4, 0.5) is 16.2 Å². The van der Waals surface area contributed by atoms with Crippen molar-refractivity contribution in [2.45, 2.75) is 70.8 Å². The van der Waals surface area contributed by atoms with Gasteiger partial charge in [0.25, 0.3) is 0 Å². The number of carbonyl (C=O) groups excluding carboxylic acids is 1. The maximum atomic E-state index is 13.3. The summed E-state index contributed by atoms with van der Waals surface area (Å²) >= 11 is 0. The lowest BCUT2D eigenvalue weighted by molar-refractivity contribution is -0.00150. The average molecular weight is 640 g/mol. The molecule has 0 aromatic heterocycles. The number of β-amino-alcohol motifs (C(OH)–C–C–N with tert-alkyl or cyclic N) is 1. The third-order valence-corrected chi connectivity index (χ3v) is 8.88. The molecular weight excluding hydrogens is 594 g/mol. The van der Waals surface area contributed by atoms with Crippen LogP contribution >= 0.6 is 0 Å². The molecular formula is C34H45N3O7S. The first-order valence-electron chi connectivity index (χ1n) is 15.2. The monoisotopic (exact) mass is 639 g/mol. The molecule has 0 radical (unpaired) electrons. The Kier molecular flexibility index (Phi) is 10.7. The number of methoxy groups -OCH3 is 1. The Morgan fingerprint density at radius 1 is 1.04 bits per heavy atom. The third kappa shape index (κ3) is 8.47. The van der Waals surface area contributed by atoms with E-state index < -0.39 is 27.3 Å². The van der Waals surface area contributed by atoms with Crippen LogP contribution in [0.1, 0.15) is 69.8 Å². The molecule has 1 atom stereocenters. The van der Waals surface area contributed by atoms with E-state index in [0.717, 1.165) is 23.1 Å². The number of ether oxygens (including phenoxy) is 3. The summed E-state index contributed by atoms with van der Waals surface area (Å²) in [5.41, 5.74) is 2.28. The molecule has 0 spiro atoms. The number of fused-ring (bicyclic) bond motifs is 1. The van der Waals surface area contributed by atoms with Gasteiger partial charge in [-0.3, -0.25) is 9.62 Å². The van der Waals surface area contributed by atoms with Crippen LogP contribution in [-0.2, 0) is 27.0 Å². The lowest BCUT2D eigenvalue weighted by atomic mass is 9.85. The number of rotatable bonds is 15. The lowest BCUT2D eigenvalue weighted by Gasteiger charge is -2.42. The van der Waals surface area contributed by atoms with Gasteiger partial charge in [-0.1, -0.05) is 50.2 Å². The summed E-state index contributed by atoms with van der Waals surface area (Å²) in [5, 5.41) is 14.5. The molecule has 1 heterocycles. The molecule has 11 heteroatoms. The van der Waals surface area contributed by atoms with Crippen molar-refractivity contribution in [3.8, 4) is 11.5 Å². The highest BCUT2D eigenvalue weighted by atomic mass is 32.2. The van der Waals surface area contributed by atoms with Crippen LogP contribution in [-0.4, -0.2) is 51.6 Å². The zero-order valence-electron chi connectivity index (χ0n) is 26.9. The van der Waals surface area contributed by atoms with E-state index in [1.54, 1.807) is 30.2 Å². The lowest BCUT2D eigenvalue weighted by Crippen LogP contribution is -2.49. The second-order valence-corrected chi connectivity index (χ2v) is 13.8. The van der Waals surface area contributed by atoms with E-state index in [1.165, 1.54) is 0 Å². The molecule has 0 bridgehead atoms. The van der Waals surface area contributed by atoms with Crippen molar-refractivity contribution in [3.63, 3.8) is 0 Å². The number of cyclic esters (lactones) is 1. The number of anilines is 2. The first-order chi connectivity index (χ1) is 21.3. The molecule has 1 aliphatic heterocycles. The second kappa shape index (κ2) is 14.1. The summed E-state index contributed by atoms with van der Waals surface area (Å²) < 4.78 is 44.1. The molecule has 1 amide bonds. The van der Waals surface area contributed by atoms with Crippen LogP contribution in [0.15, 0.2) is 66.7 Å². The van der Waals surface area contributed by atoms with E-state index in [4.69, 9.17) is 14.2 Å². The molecule has 0 aliphatic carbocycles. The standard InChI is InChI=1S/C34H45N3O7S/c1-7-34(8-2)27-21-26(42-5)15-16-29(27)37(32(39)44-34)19-18-33(3,4)35-22-30(38)25-14-17-31(28(20-25)36-45(6,40)41)43-23-24-12-10-9-11-13-24/h9-17,20-21,30,35-36,38H,7-8,18-19,22-23H2,1-6H3. The van der Waals surface area contributed by atoms with Crippen molar-refractivity contribution in [1.29, 1.82) is 0 Å². The van der Waals surface area contributed by atoms with Crippen LogP contribution < -0.4 is 24.4 Å². The number of aliphatic hydroxyl groups excluding tert-OH is 1. The van der Waals surface area contributed by atoms with Gasteiger partial charge in [-0.2, -0.15) is 0 Å². The van der Waals surface area contributed by atoms with Crippen LogP contribution in [0.3, 0.4) is 0 Å². The highest BCUT2D eigenvalue weighted by Gasteiger charge is 2.43. The normalized spacial score (nSPS) is 15.2. The number of aliphatic hydroxyl groups is 1. The quantitative estimate of drug-likeness (QED) is 0.182. The SMILES string of the molecule is CCC1(CC)OC(=O)N(CCC(C)(C)NCC(O)c2ccc(OCc3ccccc3)c(NS(C)(=O)=O)c2)c2ccc(OC)cc21. The Balaban J connectivity index is 1.43. The van der Waals surface area contributed by atoms with Gasteiger partial charge in [0.05, 0.1) is 30.8 Å². The van der Waals surface area contributed by atoms with Crippen LogP contribution in [0.2, 0.25) is 0 Å². The number of nitrogens with zero attached hydrogens (tertiary/aromatic N) is 1. The Bertz CT molecular complexity index is 1570. The predicted octanol–water partition coefficient (Wildman–Crippen LogP) is 6.11. The molecule has 10 nitrogen and oxygen atoms in total. The van der Waals surface area contributed by atoms with E-state index in [9.17, 15) is 18.3 Å². The van der Waals surface area contributed by atoms with E-state index in [1.807, 2.05) is 76.2 Å². The molecule has 0 fully saturated rings. The van der Waals surface area contributed by atoms with Gasteiger partial charge in [0.15, 0.2) is 0 Å². The first kappa shape index (κ1) is 34.1. The molecule has 1 unspecified atom stereocenters. The fourth-order valence-corrected chi connectivity index (χ4v) is 6.03. The Morgan fingerprint density at radius 2 is 1.76 bits per heavy atom. The van der Waals surface area contributed by atoms with Crippen molar-refractivity contribution < 1.29 is 32.5 Å². The summed E-state index contributed by atoms with van der Waals surface area (Å²) in [4.78, 5) is 14.9. The molecule has 3 aromatic carbocycles. The highest BCUT2D eigenvalue weighted by molar-refractivity contribution is 7.92. The van der Waals surface area contributed by atoms with Crippen molar-refractivity contribution in [1.82, 2.24) is 5.32 Å². The minimum atomic E-state index is -3.60. The zero-order chi connectivity index (χ0) is 32.8. The third-order valence-electron chi connectivity index (χ3n) is 8.29. The van der Waals surface area contributed by atoms with E-state index in [0.29, 0.717) is 42.9 Å². The number of carbonyl (C=O) groups is 1. The summed E-state index contributed by atoms with van der Waals surface area (Å²) in [6, 6.07) is 20.2. The molecule has 0 saturated heterocycles. The van der Waals surface area contributed by atoms with Crippen LogP contribution in [0, 0.1) is 0 Å². The highest BCUT2D eigenvalue weighted by Crippen LogP contribution is 2.45. The fourth-order valence-electron chi connectivity index (χ4n) is 5.47. The first-order valence-corrected chi connectivity index (χ1v) is 17.1. The maximum absolute atomic E-state index is 13.3. The van der Waals surface area contributed by atoms with Gasteiger partial charge < -0.3 is 24.6 Å². The van der Waals surface area contributed by atoms with E-state index in [2.05, 4.69) is 10.0 Å². The van der Waals surface area contributed by atoms with Gasteiger partial charge in [-0.25, -0.2) is 13.2 Å². The van der Waals surface area contributed by atoms with Gasteiger partial charge in [-0.15, -0.1) is 0 Å². The smallest absolute Gasteiger partial charge is 0.415 e. The maximum Gasteiger partial charge on any atom is 0.415 e. The number of sulfonamides is 1. The number of nitrogens with one attached hydrogen (secondary N) is 2. The van der Waals surface area contributed by atoms with Crippen molar-refractivity contribution >= 4 is 27.5 Å². The number of amides is 1. The second-order valence-electron chi connectivity index (χ2n) is 12.0. The van der Waals surface area contributed by atoms with Gasteiger partial charge in [0.1, 0.15) is 23.7 Å². The molecule has 244 valence electrons. The number of benzene rings is 3. The minimum Gasteiger partial charge on any atom is -0.497 e. The van der Waals surface area contributed by atoms with Gasteiger partial charge in [0, 0.05) is 24.2 Å². The Morgan fingerprint density at radius 3 is 2.40 bits per heavy atom. The number of hydrogen-bond acceptors (Lipinski definition) is 8. The van der Waals surface area contributed by atoms with Crippen molar-refractivity contribution in [3.05, 3.63) is 83.4 Å². The average Bonchev–Trinajstić information content (AvgIpc) is 3.01. The summed E-state index contributed by atoms with van der Waals surface area (Å²) in [5.74, 6) is 1.06. The molecule has 0 saturated carbocycles. The molecule has 3 N–H and O–H groups in total. The molecule has 3 aromatic rings. The predicted molar refractivity (Wildman–Crippen MR) is 176 cm³/mol. The summed E-state index contributed by atoms with van der Waals surface area (Å²) in [7, 11) is -1.98. The topological polar surface area (TPSA) is 126 Å². The zero-order valence-corrected chi connectivity index (χ0v) is 27.7.